The number of nitrogens with zero attached hydrogens (tertiary/aromatic N) is 2. The van der Waals surface area contributed by atoms with E-state index in [9.17, 15) is 14.7 Å². The van der Waals surface area contributed by atoms with E-state index in [4.69, 9.17) is 37.8 Å². The van der Waals surface area contributed by atoms with Crippen molar-refractivity contribution in [1.82, 2.24) is 14.9 Å². The summed E-state index contributed by atoms with van der Waals surface area (Å²) in [6, 6.07) is 15.1. The molecule has 4 rings (SSSR count). The summed E-state index contributed by atoms with van der Waals surface area (Å²) < 4.78 is 14.4. The van der Waals surface area contributed by atoms with Crippen molar-refractivity contribution >= 4 is 35.1 Å². The van der Waals surface area contributed by atoms with Gasteiger partial charge in [0.05, 0.1) is 38.1 Å². The summed E-state index contributed by atoms with van der Waals surface area (Å²) in [6.07, 6.45) is 0.705. The van der Waals surface area contributed by atoms with Crippen LogP contribution in [0.1, 0.15) is 53.9 Å². The maximum atomic E-state index is 11.8. The number of rotatable bonds is 10. The van der Waals surface area contributed by atoms with Gasteiger partial charge in [0, 0.05) is 24.9 Å². The predicted octanol–water partition coefficient (Wildman–Crippen LogP) is 4.41. The van der Waals surface area contributed by atoms with E-state index in [1.807, 2.05) is 48.5 Å². The first kappa shape index (κ1) is 27.1. The molecule has 2 heterocycles. The third kappa shape index (κ3) is 7.30. The summed E-state index contributed by atoms with van der Waals surface area (Å²) in [5, 5.41) is 21.4. The number of hydrogen-bond donors (Lipinski definition) is 3. The van der Waals surface area contributed by atoms with Gasteiger partial charge in [-0.3, -0.25) is 9.59 Å². The zero-order valence-electron chi connectivity index (χ0n) is 19.8. The van der Waals surface area contributed by atoms with Crippen LogP contribution >= 0.6 is 23.2 Å². The molecular weight excluding hydrogens is 521 g/mol. The zero-order chi connectivity index (χ0) is 26.4. The van der Waals surface area contributed by atoms with Gasteiger partial charge < -0.3 is 29.6 Å². The van der Waals surface area contributed by atoms with Gasteiger partial charge in [-0.1, -0.05) is 71.7 Å². The van der Waals surface area contributed by atoms with Crippen molar-refractivity contribution in [2.45, 2.75) is 57.5 Å². The Labute approximate surface area is 223 Å². The Bertz CT molecular complexity index is 1220. The number of ether oxygens (including phenoxy) is 2. The molecule has 11 heteroatoms. The van der Waals surface area contributed by atoms with Crippen molar-refractivity contribution in [3.63, 3.8) is 0 Å². The van der Waals surface area contributed by atoms with Crippen LogP contribution in [-0.2, 0) is 38.8 Å². The van der Waals surface area contributed by atoms with E-state index in [1.165, 1.54) is 0 Å². The maximum absolute atomic E-state index is 11.8. The van der Waals surface area contributed by atoms with E-state index >= 15 is 0 Å². The second kappa shape index (κ2) is 12.5. The molecule has 1 aliphatic rings. The van der Waals surface area contributed by atoms with Crippen molar-refractivity contribution in [1.29, 1.82) is 0 Å². The molecule has 3 atom stereocenters. The number of aliphatic hydroxyl groups is 1. The lowest BCUT2D eigenvalue weighted by atomic mass is 10.00. The normalized spacial score (nSPS) is 19.5. The molecule has 0 unspecified atom stereocenters. The summed E-state index contributed by atoms with van der Waals surface area (Å²) >= 11 is 12.3. The van der Waals surface area contributed by atoms with E-state index < -0.39 is 12.3 Å². The van der Waals surface area contributed by atoms with Gasteiger partial charge in [0.1, 0.15) is 5.15 Å². The molecule has 1 aromatic heterocycles. The minimum atomic E-state index is -1.01. The number of nitrogens with one attached hydrogen (secondary N) is 1. The van der Waals surface area contributed by atoms with Gasteiger partial charge >= 0.3 is 5.97 Å². The third-order valence-electron chi connectivity index (χ3n) is 6.06. The minimum Gasteiger partial charge on any atom is -0.481 e. The number of halogens is 2. The third-order valence-corrected chi connectivity index (χ3v) is 6.83. The largest absolute Gasteiger partial charge is 0.481 e. The van der Waals surface area contributed by atoms with Gasteiger partial charge in [-0.25, -0.2) is 4.98 Å². The lowest BCUT2D eigenvalue weighted by molar-refractivity contribution is -0.252. The van der Waals surface area contributed by atoms with E-state index in [1.54, 1.807) is 10.9 Å². The highest BCUT2D eigenvalue weighted by Crippen LogP contribution is 2.38. The Morgan fingerprint density at radius 2 is 1.68 bits per heavy atom. The van der Waals surface area contributed by atoms with Crippen LogP contribution in [0, 0.1) is 0 Å². The zero-order valence-corrected chi connectivity index (χ0v) is 21.4. The number of carbonyl (C=O) groups excluding carboxylic acids is 1. The van der Waals surface area contributed by atoms with Crippen molar-refractivity contribution in [2.75, 3.05) is 0 Å². The molecule has 3 aromatic rings. The fraction of sp³-hybridized carbons (Fsp3) is 0.346. The van der Waals surface area contributed by atoms with Crippen LogP contribution in [0.5, 0.6) is 0 Å². The topological polar surface area (TPSA) is 123 Å². The van der Waals surface area contributed by atoms with Gasteiger partial charge in [0.15, 0.2) is 11.4 Å². The van der Waals surface area contributed by atoms with Crippen LogP contribution < -0.4 is 5.32 Å². The van der Waals surface area contributed by atoms with Crippen LogP contribution in [0.3, 0.4) is 0 Å². The van der Waals surface area contributed by atoms with Gasteiger partial charge in [0.2, 0.25) is 5.91 Å². The molecule has 0 aliphatic carbocycles. The van der Waals surface area contributed by atoms with E-state index in [2.05, 4.69) is 10.3 Å². The first-order valence-corrected chi connectivity index (χ1v) is 12.5. The number of hydrogen-bond acceptors (Lipinski definition) is 6. The van der Waals surface area contributed by atoms with Gasteiger partial charge in [-0.05, 0) is 16.7 Å². The standard InChI is InChI=1S/C26H27Cl2N3O6/c27-24-25(28)31(15-30-24)13-20-11-21(18-5-3-17(14-32)4-6-18)37-26(36-20)19-7-1-16(2-8-19)12-29-22(33)9-10-23(34)35/h1-8,15,20-21,26,32H,9-14H2,(H,29,33)(H,34,35)/t20-,21+,26+/m0/s1. The van der Waals surface area contributed by atoms with Crippen LogP contribution in [0.25, 0.3) is 0 Å². The predicted molar refractivity (Wildman–Crippen MR) is 136 cm³/mol. The maximum Gasteiger partial charge on any atom is 0.303 e. The number of carboxylic acid groups (broad SMARTS) is 1. The summed E-state index contributed by atoms with van der Waals surface area (Å²) in [5.41, 5.74) is 3.44. The highest BCUT2D eigenvalue weighted by atomic mass is 35.5. The van der Waals surface area contributed by atoms with E-state index in [0.29, 0.717) is 18.1 Å². The summed E-state index contributed by atoms with van der Waals surface area (Å²) in [7, 11) is 0. The molecule has 1 amide bonds. The van der Waals surface area contributed by atoms with E-state index in [0.717, 1.165) is 22.3 Å². The van der Waals surface area contributed by atoms with Crippen LogP contribution in [0.15, 0.2) is 54.9 Å². The monoisotopic (exact) mass is 547 g/mol. The highest BCUT2D eigenvalue weighted by Gasteiger charge is 2.32. The number of aromatic nitrogens is 2. The summed E-state index contributed by atoms with van der Waals surface area (Å²) in [4.78, 5) is 26.5. The fourth-order valence-electron chi connectivity index (χ4n) is 4.02. The smallest absolute Gasteiger partial charge is 0.303 e. The lowest BCUT2D eigenvalue weighted by Gasteiger charge is -2.36. The number of aliphatic hydroxyl groups excluding tert-OH is 1. The molecule has 9 nitrogen and oxygen atoms in total. The number of carboxylic acids is 1. The molecular formula is C26H27Cl2N3O6. The Morgan fingerprint density at radius 3 is 2.30 bits per heavy atom. The Morgan fingerprint density at radius 1 is 1.00 bits per heavy atom. The van der Waals surface area contributed by atoms with Crippen LogP contribution in [-0.4, -0.2) is 37.7 Å². The van der Waals surface area contributed by atoms with Gasteiger partial charge in [-0.2, -0.15) is 0 Å². The van der Waals surface area contributed by atoms with Gasteiger partial charge in [0.25, 0.3) is 0 Å². The first-order chi connectivity index (χ1) is 17.8. The number of imidazole rings is 1. The quantitative estimate of drug-likeness (QED) is 0.343. The fourth-order valence-corrected chi connectivity index (χ4v) is 4.34. The van der Waals surface area contributed by atoms with Crippen molar-refractivity contribution in [2.24, 2.45) is 0 Å². The number of aliphatic carboxylic acids is 1. The van der Waals surface area contributed by atoms with Crippen LogP contribution in [0.2, 0.25) is 10.3 Å². The minimum absolute atomic E-state index is 0.0353. The second-order valence-corrected chi connectivity index (χ2v) is 9.46. The SMILES string of the molecule is O=C(O)CCC(=O)NCc1ccc([C@@H]2O[C@H](Cn3cnc(Cl)c3Cl)C[C@H](c3ccc(CO)cc3)O2)cc1. The molecule has 0 saturated carbocycles. The number of carbonyl (C=O) groups is 2. The van der Waals surface area contributed by atoms with Crippen molar-refractivity contribution < 1.29 is 29.3 Å². The highest BCUT2D eigenvalue weighted by molar-refractivity contribution is 6.40. The Kier molecular flexibility index (Phi) is 9.18. The summed E-state index contributed by atoms with van der Waals surface area (Å²) in [6.45, 7) is 0.684. The van der Waals surface area contributed by atoms with Crippen LogP contribution in [0.4, 0.5) is 0 Å². The molecule has 1 aliphatic heterocycles. The van der Waals surface area contributed by atoms with Crippen molar-refractivity contribution in [3.05, 3.63) is 87.4 Å². The van der Waals surface area contributed by atoms with E-state index in [-0.39, 0.29) is 49.3 Å². The molecule has 1 saturated heterocycles. The Hall–Kier alpha value is -2.95. The summed E-state index contributed by atoms with van der Waals surface area (Å²) in [5.74, 6) is -1.33. The number of amides is 1. The molecule has 2 aromatic carbocycles. The lowest BCUT2D eigenvalue weighted by Crippen LogP contribution is -2.32. The van der Waals surface area contributed by atoms with Crippen molar-refractivity contribution in [3.8, 4) is 0 Å². The molecule has 0 radical (unpaired) electrons. The molecule has 0 bridgehead atoms. The molecule has 196 valence electrons. The average molecular weight is 548 g/mol. The molecule has 37 heavy (non-hydrogen) atoms. The molecule has 1 fully saturated rings. The number of benzene rings is 2. The molecule has 0 spiro atoms. The Balaban J connectivity index is 1.47. The molecule has 3 N–H and O–H groups in total. The van der Waals surface area contributed by atoms with Gasteiger partial charge in [-0.15, -0.1) is 0 Å². The first-order valence-electron chi connectivity index (χ1n) is 11.8. The second-order valence-electron chi connectivity index (χ2n) is 8.74. The average Bonchev–Trinajstić information content (AvgIpc) is 3.23.